The van der Waals surface area contributed by atoms with E-state index in [4.69, 9.17) is 0 Å². The van der Waals surface area contributed by atoms with Gasteiger partial charge >= 0.3 is 0 Å². The predicted molar refractivity (Wildman–Crippen MR) is 142 cm³/mol. The Morgan fingerprint density at radius 3 is 2.44 bits per heavy atom. The number of hydrogen-bond donors (Lipinski definition) is 0. The van der Waals surface area contributed by atoms with Gasteiger partial charge in [-0.3, -0.25) is 4.98 Å². The van der Waals surface area contributed by atoms with E-state index in [-0.39, 0.29) is 12.4 Å². The average molecular weight is 486 g/mol. The second kappa shape index (κ2) is 12.5. The summed E-state index contributed by atoms with van der Waals surface area (Å²) in [5, 5.41) is 0. The minimum absolute atomic E-state index is 0. The highest BCUT2D eigenvalue weighted by atomic mass is 35.5. The molecule has 3 nitrogen and oxygen atoms in total. The van der Waals surface area contributed by atoms with E-state index in [1.54, 1.807) is 12.4 Å². The Morgan fingerprint density at radius 2 is 1.75 bits per heavy atom. The van der Waals surface area contributed by atoms with Crippen LogP contribution >= 0.6 is 35.9 Å². The molecule has 32 heavy (non-hydrogen) atoms. The molecule has 1 atom stereocenters. The molecule has 2 aliphatic heterocycles. The number of rotatable bonds is 4. The fraction of sp³-hybridized carbons (Fsp3) is 0.346. The van der Waals surface area contributed by atoms with E-state index in [0.29, 0.717) is 0 Å². The second-order valence-electron chi connectivity index (χ2n) is 8.00. The number of hydrogen-bond acceptors (Lipinski definition) is 5. The molecule has 5 rings (SSSR count). The lowest BCUT2D eigenvalue weighted by Crippen LogP contribution is -2.38. The molecule has 1 saturated heterocycles. The zero-order valence-corrected chi connectivity index (χ0v) is 21.3. The third-order valence-corrected chi connectivity index (χ3v) is 7.86. The van der Waals surface area contributed by atoms with E-state index >= 15 is 0 Å². The predicted octanol–water partition coefficient (Wildman–Crippen LogP) is 7.39. The van der Waals surface area contributed by atoms with Crippen molar-refractivity contribution in [2.45, 2.75) is 46.4 Å². The van der Waals surface area contributed by atoms with Crippen LogP contribution in [0.25, 0.3) is 0 Å². The Bertz CT molecular complexity index is 944. The van der Waals surface area contributed by atoms with Crippen molar-refractivity contribution in [2.75, 3.05) is 31.3 Å². The minimum Gasteiger partial charge on any atom is -0.340 e. The van der Waals surface area contributed by atoms with E-state index in [2.05, 4.69) is 70.6 Å². The van der Waals surface area contributed by atoms with Crippen molar-refractivity contribution in [2.24, 2.45) is 0 Å². The highest BCUT2D eigenvalue weighted by Gasteiger charge is 2.25. The monoisotopic (exact) mass is 485 g/mol. The number of likely N-dealkylation sites (tertiary alicyclic amines) is 1. The molecule has 0 bridgehead atoms. The normalized spacial score (nSPS) is 17.3. The topological polar surface area (TPSA) is 19.4 Å². The van der Waals surface area contributed by atoms with E-state index in [0.717, 1.165) is 12.6 Å². The number of benzene rings is 2. The van der Waals surface area contributed by atoms with Crippen LogP contribution in [-0.2, 0) is 0 Å². The Hall–Kier alpha value is -1.66. The van der Waals surface area contributed by atoms with Crippen molar-refractivity contribution < 1.29 is 0 Å². The number of thioether (sulfide) groups is 1. The van der Waals surface area contributed by atoms with Crippen LogP contribution in [0, 0.1) is 0 Å². The Balaban J connectivity index is 0.000000360. The molecule has 170 valence electrons. The fourth-order valence-corrected chi connectivity index (χ4v) is 5.79. The summed E-state index contributed by atoms with van der Waals surface area (Å²) < 4.78 is 0. The summed E-state index contributed by atoms with van der Waals surface area (Å²) in [4.78, 5) is 13.0. The maximum Gasteiger partial charge on any atom is 0.0564 e. The van der Waals surface area contributed by atoms with Crippen molar-refractivity contribution in [1.82, 2.24) is 9.88 Å². The van der Waals surface area contributed by atoms with E-state index in [1.165, 1.54) is 58.3 Å². The number of fused-ring (bicyclic) bond motifs is 2. The van der Waals surface area contributed by atoms with E-state index < -0.39 is 0 Å². The maximum atomic E-state index is 3.78. The first-order chi connectivity index (χ1) is 15.3. The quantitative estimate of drug-likeness (QED) is 0.358. The summed E-state index contributed by atoms with van der Waals surface area (Å²) in [5.41, 5.74) is 2.76. The summed E-state index contributed by atoms with van der Waals surface area (Å²) in [6.45, 7) is 2.35. The summed E-state index contributed by atoms with van der Waals surface area (Å²) in [6, 6.07) is 22.2. The first-order valence-corrected chi connectivity index (χ1v) is 13.1. The van der Waals surface area contributed by atoms with Gasteiger partial charge in [0.15, 0.2) is 0 Å². The number of nitrogens with zero attached hydrogens (tertiary/aromatic N) is 3. The standard InChI is InChI=1S/C21H26N2S2.C5H5N.ClH/c1-22-13-6-5-7-16(22)12-14-23-18-8-3-4-9-20(18)25-21-11-10-17(24-2)15-19(21)23;1-2-4-6-5-3-1;/h3-4,8-11,15-16H,5-7,12-14H2,1-2H3;1-5H;1H. The van der Waals surface area contributed by atoms with Crippen LogP contribution in [0.4, 0.5) is 11.4 Å². The molecular formula is C26H32ClN3S2. The lowest BCUT2D eigenvalue weighted by Gasteiger charge is -2.37. The number of aromatic nitrogens is 1. The minimum atomic E-state index is 0. The van der Waals surface area contributed by atoms with Gasteiger partial charge in [-0.2, -0.15) is 0 Å². The average Bonchev–Trinajstić information content (AvgIpc) is 2.84. The van der Waals surface area contributed by atoms with Gasteiger partial charge in [0.05, 0.1) is 11.4 Å². The Morgan fingerprint density at radius 1 is 0.969 bits per heavy atom. The van der Waals surface area contributed by atoms with Crippen LogP contribution in [0.5, 0.6) is 0 Å². The molecule has 0 radical (unpaired) electrons. The fourth-order valence-electron chi connectivity index (χ4n) is 4.28. The SMILES string of the molecule is CSc1ccc2c(c1)N(CCC1CCCCN1C)c1ccccc1S2.Cl.c1ccncc1. The second-order valence-corrected chi connectivity index (χ2v) is 9.96. The maximum absolute atomic E-state index is 3.78. The Kier molecular flexibility index (Phi) is 9.79. The van der Waals surface area contributed by atoms with Crippen LogP contribution in [0.3, 0.4) is 0 Å². The third-order valence-electron chi connectivity index (χ3n) is 6.01. The first kappa shape index (κ1) is 25.0. The Labute approximate surface area is 207 Å². The first-order valence-electron chi connectivity index (χ1n) is 11.0. The van der Waals surface area contributed by atoms with Gasteiger partial charge in [0.2, 0.25) is 0 Å². The lowest BCUT2D eigenvalue weighted by molar-refractivity contribution is 0.178. The van der Waals surface area contributed by atoms with Crippen molar-refractivity contribution in [3.05, 3.63) is 73.1 Å². The smallest absolute Gasteiger partial charge is 0.0564 e. The molecular weight excluding hydrogens is 454 g/mol. The summed E-state index contributed by atoms with van der Waals surface area (Å²) in [5.74, 6) is 0. The van der Waals surface area contributed by atoms with Crippen molar-refractivity contribution >= 4 is 47.3 Å². The molecule has 0 saturated carbocycles. The van der Waals surface area contributed by atoms with Crippen LogP contribution in [-0.4, -0.2) is 42.3 Å². The van der Waals surface area contributed by atoms with Crippen molar-refractivity contribution in [1.29, 1.82) is 0 Å². The van der Waals surface area contributed by atoms with Gasteiger partial charge in [-0.15, -0.1) is 24.2 Å². The summed E-state index contributed by atoms with van der Waals surface area (Å²) in [7, 11) is 2.30. The largest absolute Gasteiger partial charge is 0.340 e. The molecule has 3 aromatic rings. The van der Waals surface area contributed by atoms with Crippen LogP contribution in [0.15, 0.2) is 87.7 Å². The molecule has 1 aromatic heterocycles. The van der Waals surface area contributed by atoms with Crippen LogP contribution in [0.2, 0.25) is 0 Å². The van der Waals surface area contributed by atoms with Gasteiger partial charge in [0, 0.05) is 39.7 Å². The van der Waals surface area contributed by atoms with Gasteiger partial charge in [-0.1, -0.05) is 36.4 Å². The molecule has 0 amide bonds. The molecule has 2 aliphatic rings. The molecule has 0 spiro atoms. The number of para-hydroxylation sites is 1. The highest BCUT2D eigenvalue weighted by molar-refractivity contribution is 8.00. The van der Waals surface area contributed by atoms with E-state index in [1.807, 2.05) is 41.7 Å². The number of pyridine rings is 1. The van der Waals surface area contributed by atoms with Gasteiger partial charge < -0.3 is 9.80 Å². The number of piperidine rings is 1. The third kappa shape index (κ3) is 6.22. The zero-order valence-electron chi connectivity index (χ0n) is 18.8. The summed E-state index contributed by atoms with van der Waals surface area (Å²) >= 11 is 3.73. The molecule has 0 aliphatic carbocycles. The zero-order chi connectivity index (χ0) is 21.5. The van der Waals surface area contributed by atoms with Crippen LogP contribution < -0.4 is 4.90 Å². The van der Waals surface area contributed by atoms with Gasteiger partial charge in [-0.25, -0.2) is 0 Å². The van der Waals surface area contributed by atoms with Gasteiger partial charge in [0.25, 0.3) is 0 Å². The molecule has 3 heterocycles. The lowest BCUT2D eigenvalue weighted by atomic mass is 9.99. The molecule has 6 heteroatoms. The van der Waals surface area contributed by atoms with E-state index in [9.17, 15) is 0 Å². The molecule has 0 N–H and O–H groups in total. The summed E-state index contributed by atoms with van der Waals surface area (Å²) in [6.07, 6.45) is 11.0. The van der Waals surface area contributed by atoms with Gasteiger partial charge in [0.1, 0.15) is 0 Å². The molecule has 1 fully saturated rings. The molecule has 2 aromatic carbocycles. The highest BCUT2D eigenvalue weighted by Crippen LogP contribution is 2.49. The number of halogens is 1. The molecule has 1 unspecified atom stereocenters. The van der Waals surface area contributed by atoms with Crippen molar-refractivity contribution in [3.63, 3.8) is 0 Å². The van der Waals surface area contributed by atoms with Crippen LogP contribution in [0.1, 0.15) is 25.7 Å². The van der Waals surface area contributed by atoms with Crippen molar-refractivity contribution in [3.8, 4) is 0 Å². The van der Waals surface area contributed by atoms with Gasteiger partial charge in [-0.05, 0) is 81.6 Å². The number of anilines is 2.